The van der Waals surface area contributed by atoms with Crippen LogP contribution in [0.25, 0.3) is 20.7 Å². The van der Waals surface area contributed by atoms with Crippen LogP contribution in [0.3, 0.4) is 0 Å². The second-order valence-corrected chi connectivity index (χ2v) is 8.14. The van der Waals surface area contributed by atoms with Gasteiger partial charge in [-0.3, -0.25) is 14.2 Å². The number of aromatic nitrogens is 2. The van der Waals surface area contributed by atoms with Crippen molar-refractivity contribution in [2.24, 2.45) is 0 Å². The van der Waals surface area contributed by atoms with E-state index >= 15 is 0 Å². The lowest BCUT2D eigenvalue weighted by atomic mass is 10.2. The number of nitrogens with zero attached hydrogens (tertiary/aromatic N) is 2. The highest BCUT2D eigenvalue weighted by atomic mass is 32.2. The highest BCUT2D eigenvalue weighted by Crippen LogP contribution is 2.34. The highest BCUT2D eigenvalue weighted by Gasteiger charge is 2.17. The van der Waals surface area contributed by atoms with E-state index in [9.17, 15) is 9.59 Å². The van der Waals surface area contributed by atoms with E-state index in [1.807, 2.05) is 36.7 Å². The van der Waals surface area contributed by atoms with Gasteiger partial charge in [-0.1, -0.05) is 24.8 Å². The van der Waals surface area contributed by atoms with Gasteiger partial charge in [0, 0.05) is 28.9 Å². The number of amides is 1. The average molecular weight is 394 g/mol. The molecule has 3 rings (SSSR count). The van der Waals surface area contributed by atoms with Gasteiger partial charge in [-0.2, -0.15) is 0 Å². The average Bonchev–Trinajstić information content (AvgIpc) is 3.27. The number of fused-ring (bicyclic) bond motifs is 1. The fourth-order valence-corrected chi connectivity index (χ4v) is 5.15. The Morgan fingerprint density at radius 2 is 2.20 bits per heavy atom. The molecule has 0 aliphatic carbocycles. The molecule has 0 aliphatic rings. The minimum Gasteiger partial charge on any atom is -0.355 e. The van der Waals surface area contributed by atoms with Crippen LogP contribution < -0.4 is 10.9 Å². The number of carbonyl (C=O) groups excluding carboxylic acids is 1. The van der Waals surface area contributed by atoms with Crippen molar-refractivity contribution in [3.63, 3.8) is 0 Å². The van der Waals surface area contributed by atoms with Crippen molar-refractivity contribution in [2.75, 3.05) is 12.3 Å². The number of thioether (sulfide) groups is 1. The molecule has 1 N–H and O–H groups in total. The van der Waals surface area contributed by atoms with Crippen molar-refractivity contribution >= 4 is 50.6 Å². The largest absolute Gasteiger partial charge is 0.355 e. The first-order valence-corrected chi connectivity index (χ1v) is 10.9. The minimum atomic E-state index is -0.0337. The molecule has 1 amide bonds. The Morgan fingerprint density at radius 1 is 1.36 bits per heavy atom. The van der Waals surface area contributed by atoms with E-state index in [1.54, 1.807) is 15.9 Å². The van der Waals surface area contributed by atoms with E-state index in [0.717, 1.165) is 21.7 Å². The zero-order valence-corrected chi connectivity index (χ0v) is 16.5. The Labute approximate surface area is 158 Å². The second kappa shape index (κ2) is 8.16. The van der Waals surface area contributed by atoms with Gasteiger partial charge in [-0.15, -0.1) is 22.7 Å². The lowest BCUT2D eigenvalue weighted by Crippen LogP contribution is -2.27. The van der Waals surface area contributed by atoms with Crippen molar-refractivity contribution < 1.29 is 4.79 Å². The molecule has 5 nitrogen and oxygen atoms in total. The Balaban J connectivity index is 1.96. The standard InChI is InChI=1S/C17H19N3O2S3/c1-3-7-18-13(21)10-25-17-19-15-14(16(22)20(17)4-2)11(9-24-15)12-6-5-8-23-12/h5-6,8-9H,3-4,7,10H2,1-2H3,(H,18,21). The number of hydrogen-bond donors (Lipinski definition) is 1. The van der Waals surface area contributed by atoms with Gasteiger partial charge in [-0.25, -0.2) is 4.98 Å². The number of nitrogens with one attached hydrogen (secondary N) is 1. The molecule has 0 saturated heterocycles. The first-order chi connectivity index (χ1) is 12.2. The molecule has 0 saturated carbocycles. The monoisotopic (exact) mass is 393 g/mol. The molecule has 0 atom stereocenters. The van der Waals surface area contributed by atoms with Gasteiger partial charge < -0.3 is 5.32 Å². The summed E-state index contributed by atoms with van der Waals surface area (Å²) in [6.45, 7) is 5.13. The van der Waals surface area contributed by atoms with Crippen molar-refractivity contribution in [3.8, 4) is 10.4 Å². The molecule has 3 heterocycles. The third-order valence-electron chi connectivity index (χ3n) is 3.67. The molecule has 0 radical (unpaired) electrons. The van der Waals surface area contributed by atoms with Crippen LogP contribution in [-0.4, -0.2) is 27.8 Å². The summed E-state index contributed by atoms with van der Waals surface area (Å²) in [5.41, 5.74) is 0.917. The fourth-order valence-electron chi connectivity index (χ4n) is 2.45. The zero-order valence-electron chi connectivity index (χ0n) is 14.1. The van der Waals surface area contributed by atoms with Crippen LogP contribution in [0, 0.1) is 0 Å². The van der Waals surface area contributed by atoms with E-state index in [0.29, 0.717) is 23.6 Å². The molecule has 132 valence electrons. The Kier molecular flexibility index (Phi) is 5.93. The van der Waals surface area contributed by atoms with Gasteiger partial charge in [-0.05, 0) is 24.8 Å². The summed E-state index contributed by atoms with van der Waals surface area (Å²) in [7, 11) is 0. The molecular weight excluding hydrogens is 374 g/mol. The van der Waals surface area contributed by atoms with Gasteiger partial charge in [0.2, 0.25) is 5.91 Å². The minimum absolute atomic E-state index is 0.0331. The normalized spacial score (nSPS) is 11.1. The molecule has 0 aromatic carbocycles. The molecule has 8 heteroatoms. The Morgan fingerprint density at radius 3 is 2.88 bits per heavy atom. The Bertz CT molecular complexity index is 929. The lowest BCUT2D eigenvalue weighted by molar-refractivity contribution is -0.118. The summed E-state index contributed by atoms with van der Waals surface area (Å²) in [6, 6.07) is 4.00. The predicted molar refractivity (Wildman–Crippen MR) is 107 cm³/mol. The number of carbonyl (C=O) groups is 1. The smallest absolute Gasteiger partial charge is 0.263 e. The van der Waals surface area contributed by atoms with Crippen LogP contribution in [-0.2, 0) is 11.3 Å². The van der Waals surface area contributed by atoms with Crippen LogP contribution in [0.1, 0.15) is 20.3 Å². The Hall–Kier alpha value is -1.64. The molecule has 0 aliphatic heterocycles. The van der Waals surface area contributed by atoms with Gasteiger partial charge in [0.15, 0.2) is 5.16 Å². The van der Waals surface area contributed by atoms with E-state index < -0.39 is 0 Å². The first kappa shape index (κ1) is 18.2. The van der Waals surface area contributed by atoms with Crippen LogP contribution in [0.2, 0.25) is 0 Å². The summed E-state index contributed by atoms with van der Waals surface area (Å²) in [5.74, 6) is 0.232. The maximum atomic E-state index is 13.0. The summed E-state index contributed by atoms with van der Waals surface area (Å²) < 4.78 is 1.66. The lowest BCUT2D eigenvalue weighted by Gasteiger charge is -2.10. The van der Waals surface area contributed by atoms with Crippen LogP contribution in [0.15, 0.2) is 32.8 Å². The predicted octanol–water partition coefficient (Wildman–Crippen LogP) is 3.82. The van der Waals surface area contributed by atoms with Crippen molar-refractivity contribution in [1.82, 2.24) is 14.9 Å². The van der Waals surface area contributed by atoms with E-state index in [4.69, 9.17) is 0 Å². The number of thiophene rings is 2. The summed E-state index contributed by atoms with van der Waals surface area (Å²) in [5, 5.41) is 8.12. The maximum Gasteiger partial charge on any atom is 0.263 e. The number of rotatable bonds is 7. The third-order valence-corrected chi connectivity index (χ3v) is 6.42. The van der Waals surface area contributed by atoms with Crippen LogP contribution in [0.4, 0.5) is 0 Å². The van der Waals surface area contributed by atoms with Crippen LogP contribution >= 0.6 is 34.4 Å². The second-order valence-electron chi connectivity index (χ2n) is 5.39. The van der Waals surface area contributed by atoms with Crippen LogP contribution in [0.5, 0.6) is 0 Å². The molecule has 25 heavy (non-hydrogen) atoms. The van der Waals surface area contributed by atoms with Crippen molar-refractivity contribution in [3.05, 3.63) is 33.2 Å². The van der Waals surface area contributed by atoms with Crippen molar-refractivity contribution in [1.29, 1.82) is 0 Å². The molecular formula is C17H19N3O2S3. The number of hydrogen-bond acceptors (Lipinski definition) is 6. The first-order valence-electron chi connectivity index (χ1n) is 8.11. The van der Waals surface area contributed by atoms with E-state index in [2.05, 4.69) is 10.3 Å². The molecule has 0 unspecified atom stereocenters. The molecule has 0 bridgehead atoms. The van der Waals surface area contributed by atoms with E-state index in [1.165, 1.54) is 23.1 Å². The molecule has 0 spiro atoms. The maximum absolute atomic E-state index is 13.0. The summed E-state index contributed by atoms with van der Waals surface area (Å²) in [6.07, 6.45) is 0.904. The van der Waals surface area contributed by atoms with Gasteiger partial charge in [0.25, 0.3) is 5.56 Å². The molecule has 3 aromatic heterocycles. The SMILES string of the molecule is CCCNC(=O)CSc1nc2scc(-c3cccs3)c2c(=O)n1CC. The zero-order chi connectivity index (χ0) is 17.8. The summed E-state index contributed by atoms with van der Waals surface area (Å²) in [4.78, 5) is 31.3. The van der Waals surface area contributed by atoms with Gasteiger partial charge in [0.1, 0.15) is 4.83 Å². The van der Waals surface area contributed by atoms with Gasteiger partial charge >= 0.3 is 0 Å². The molecule has 0 fully saturated rings. The summed E-state index contributed by atoms with van der Waals surface area (Å²) >= 11 is 4.41. The van der Waals surface area contributed by atoms with Crippen molar-refractivity contribution in [2.45, 2.75) is 32.0 Å². The fraction of sp³-hybridized carbons (Fsp3) is 0.353. The highest BCUT2D eigenvalue weighted by molar-refractivity contribution is 7.99. The topological polar surface area (TPSA) is 64.0 Å². The molecule has 3 aromatic rings. The van der Waals surface area contributed by atoms with E-state index in [-0.39, 0.29) is 17.2 Å². The third kappa shape index (κ3) is 3.80. The quantitative estimate of drug-likeness (QED) is 0.489. The van der Waals surface area contributed by atoms with Gasteiger partial charge in [0.05, 0.1) is 11.1 Å².